The molecular weight excluding hydrogens is 266 g/mol. The average molecular weight is 287 g/mol. The molecule has 0 spiro atoms. The summed E-state index contributed by atoms with van der Waals surface area (Å²) in [7, 11) is 3.08. The van der Waals surface area contributed by atoms with Gasteiger partial charge in [0, 0.05) is 11.8 Å². The molecule has 0 fully saturated rings. The summed E-state index contributed by atoms with van der Waals surface area (Å²) in [6.45, 7) is 4.09. The van der Waals surface area contributed by atoms with Crippen molar-refractivity contribution in [3.63, 3.8) is 0 Å². The van der Waals surface area contributed by atoms with Crippen LogP contribution in [0, 0.1) is 13.8 Å². The van der Waals surface area contributed by atoms with Gasteiger partial charge < -0.3 is 15.2 Å². The summed E-state index contributed by atoms with van der Waals surface area (Å²) in [6.07, 6.45) is 0.748. The summed E-state index contributed by atoms with van der Waals surface area (Å²) >= 11 is 0. The Morgan fingerprint density at radius 1 is 0.952 bits per heavy atom. The second-order valence-electron chi connectivity index (χ2n) is 4.65. The molecule has 0 atom stereocenters. The van der Waals surface area contributed by atoms with E-state index in [-0.39, 0.29) is 0 Å². The van der Waals surface area contributed by atoms with E-state index in [0.29, 0.717) is 17.1 Å². The topological polar surface area (TPSA) is 61.5 Å². The number of aldehydes is 1. The molecule has 0 amide bonds. The van der Waals surface area contributed by atoms with Gasteiger partial charge in [-0.1, -0.05) is 6.07 Å². The third-order valence-electron chi connectivity index (χ3n) is 2.81. The number of nitrogen functional groups attached to an aromatic ring is 1. The molecule has 2 N–H and O–H groups in total. The minimum atomic E-state index is 0.526. The highest BCUT2D eigenvalue weighted by Gasteiger charge is 2.02. The average Bonchev–Trinajstić information content (AvgIpc) is 2.45. The van der Waals surface area contributed by atoms with Crippen LogP contribution < -0.4 is 15.2 Å². The minimum absolute atomic E-state index is 0.526. The number of benzene rings is 2. The maximum Gasteiger partial charge on any atom is 0.153 e. The molecule has 21 heavy (non-hydrogen) atoms. The van der Waals surface area contributed by atoms with Crippen LogP contribution in [0.15, 0.2) is 36.4 Å². The predicted molar refractivity (Wildman–Crippen MR) is 85.3 cm³/mol. The van der Waals surface area contributed by atoms with Crippen LogP contribution in [0.5, 0.6) is 11.5 Å². The Balaban J connectivity index is 0.000000219. The monoisotopic (exact) mass is 287 g/mol. The van der Waals surface area contributed by atoms with Crippen molar-refractivity contribution in [2.45, 2.75) is 13.8 Å². The third-order valence-corrected chi connectivity index (χ3v) is 2.81. The number of hydrogen-bond donors (Lipinski definition) is 1. The molecule has 2 rings (SSSR count). The van der Waals surface area contributed by atoms with E-state index < -0.39 is 0 Å². The molecule has 0 unspecified atom stereocenters. The zero-order chi connectivity index (χ0) is 15.8. The molecule has 2 aromatic rings. The van der Waals surface area contributed by atoms with Gasteiger partial charge in [-0.15, -0.1) is 0 Å². The first-order valence-electron chi connectivity index (χ1n) is 6.51. The third kappa shape index (κ3) is 5.18. The summed E-state index contributed by atoms with van der Waals surface area (Å²) in [4.78, 5) is 10.5. The lowest BCUT2D eigenvalue weighted by molar-refractivity contribution is 0.112. The number of hydrogen-bond acceptors (Lipinski definition) is 4. The lowest BCUT2D eigenvalue weighted by Gasteiger charge is -2.05. The molecule has 0 heterocycles. The van der Waals surface area contributed by atoms with Crippen molar-refractivity contribution < 1.29 is 14.3 Å². The molecule has 0 aliphatic carbocycles. The molecule has 0 aromatic heterocycles. The summed E-state index contributed by atoms with van der Waals surface area (Å²) in [5.74, 6) is 1.21. The van der Waals surface area contributed by atoms with E-state index in [1.807, 2.05) is 26.0 Å². The lowest BCUT2D eigenvalue weighted by Crippen LogP contribution is -1.91. The maximum absolute atomic E-state index is 10.5. The Labute approximate surface area is 125 Å². The van der Waals surface area contributed by atoms with Gasteiger partial charge in [0.15, 0.2) is 6.29 Å². The van der Waals surface area contributed by atoms with Crippen LogP contribution in [0.2, 0.25) is 0 Å². The molecule has 112 valence electrons. The van der Waals surface area contributed by atoms with Gasteiger partial charge in [-0.2, -0.15) is 0 Å². The Hall–Kier alpha value is -2.49. The molecule has 0 aliphatic rings. The molecule has 4 heteroatoms. The summed E-state index contributed by atoms with van der Waals surface area (Å²) in [6, 6.07) is 11.1. The maximum atomic E-state index is 10.5. The molecule has 0 aliphatic heterocycles. The quantitative estimate of drug-likeness (QED) is 0.694. The molecule has 0 saturated heterocycles. The zero-order valence-electron chi connectivity index (χ0n) is 12.8. The van der Waals surface area contributed by atoms with Gasteiger partial charge >= 0.3 is 0 Å². The fourth-order valence-electron chi connectivity index (χ4n) is 1.93. The lowest BCUT2D eigenvalue weighted by atomic mass is 10.1. The van der Waals surface area contributed by atoms with Crippen molar-refractivity contribution in [2.75, 3.05) is 20.0 Å². The van der Waals surface area contributed by atoms with Crippen LogP contribution in [-0.4, -0.2) is 20.5 Å². The van der Waals surface area contributed by atoms with Crippen LogP contribution in [0.4, 0.5) is 5.69 Å². The summed E-state index contributed by atoms with van der Waals surface area (Å²) in [5, 5.41) is 0. The van der Waals surface area contributed by atoms with E-state index in [9.17, 15) is 4.79 Å². The van der Waals surface area contributed by atoms with E-state index >= 15 is 0 Å². The first-order valence-corrected chi connectivity index (χ1v) is 6.51. The Morgan fingerprint density at radius 3 is 2.00 bits per heavy atom. The fraction of sp³-hybridized carbons (Fsp3) is 0.235. The molecule has 2 aromatic carbocycles. The second kappa shape index (κ2) is 7.94. The predicted octanol–water partition coefficient (Wildman–Crippen LogP) is 3.40. The first-order chi connectivity index (χ1) is 9.99. The van der Waals surface area contributed by atoms with Crippen LogP contribution in [0.3, 0.4) is 0 Å². The van der Waals surface area contributed by atoms with Crippen molar-refractivity contribution in [1.82, 2.24) is 0 Å². The fourth-order valence-corrected chi connectivity index (χ4v) is 1.93. The van der Waals surface area contributed by atoms with Crippen molar-refractivity contribution in [2.24, 2.45) is 0 Å². The number of ether oxygens (including phenoxy) is 2. The van der Waals surface area contributed by atoms with Gasteiger partial charge in [0.05, 0.1) is 19.8 Å². The van der Waals surface area contributed by atoms with Gasteiger partial charge in [-0.25, -0.2) is 0 Å². The molecule has 0 saturated carbocycles. The van der Waals surface area contributed by atoms with E-state index in [2.05, 4.69) is 6.07 Å². The highest BCUT2D eigenvalue weighted by Crippen LogP contribution is 2.22. The minimum Gasteiger partial charge on any atom is -0.497 e. The van der Waals surface area contributed by atoms with E-state index in [1.165, 1.54) is 18.2 Å². The Morgan fingerprint density at radius 2 is 1.57 bits per heavy atom. The first kappa shape index (κ1) is 16.6. The van der Waals surface area contributed by atoms with Gasteiger partial charge in [0.2, 0.25) is 0 Å². The number of anilines is 1. The van der Waals surface area contributed by atoms with Crippen molar-refractivity contribution >= 4 is 12.0 Å². The largest absolute Gasteiger partial charge is 0.497 e. The number of rotatable bonds is 3. The molecular formula is C17H21NO3. The van der Waals surface area contributed by atoms with E-state index in [0.717, 1.165) is 12.0 Å². The molecule has 0 bridgehead atoms. The van der Waals surface area contributed by atoms with Crippen molar-refractivity contribution in [3.8, 4) is 11.5 Å². The summed E-state index contributed by atoms with van der Waals surface area (Å²) in [5.41, 5.74) is 9.40. The number of carbonyl (C=O) groups is 1. The highest BCUT2D eigenvalue weighted by molar-refractivity contribution is 5.79. The van der Waals surface area contributed by atoms with Gasteiger partial charge in [-0.05, 0) is 49.2 Å². The standard InChI is InChI=1S/C9H10O3.C8H11N/c1-11-8-4-3-7(6-10)9(5-8)12-2;1-6-3-7(2)5-8(9)4-6/h3-6H,1-2H3;3-5H,9H2,1-2H3. The van der Waals surface area contributed by atoms with E-state index in [4.69, 9.17) is 15.2 Å². The van der Waals surface area contributed by atoms with E-state index in [1.54, 1.807) is 25.3 Å². The number of aryl methyl sites for hydroxylation is 2. The Kier molecular flexibility index (Phi) is 6.27. The highest BCUT2D eigenvalue weighted by atomic mass is 16.5. The zero-order valence-corrected chi connectivity index (χ0v) is 12.8. The van der Waals surface area contributed by atoms with Crippen molar-refractivity contribution in [3.05, 3.63) is 53.1 Å². The van der Waals surface area contributed by atoms with Crippen LogP contribution in [0.1, 0.15) is 21.5 Å². The second-order valence-corrected chi connectivity index (χ2v) is 4.65. The normalized spacial score (nSPS) is 9.33. The van der Waals surface area contributed by atoms with Crippen LogP contribution in [0.25, 0.3) is 0 Å². The van der Waals surface area contributed by atoms with Crippen LogP contribution >= 0.6 is 0 Å². The van der Waals surface area contributed by atoms with Gasteiger partial charge in [0.25, 0.3) is 0 Å². The summed E-state index contributed by atoms with van der Waals surface area (Å²) < 4.78 is 9.93. The molecule has 0 radical (unpaired) electrons. The number of carbonyl (C=O) groups excluding carboxylic acids is 1. The number of methoxy groups -OCH3 is 2. The van der Waals surface area contributed by atoms with Gasteiger partial charge in [-0.3, -0.25) is 4.79 Å². The smallest absolute Gasteiger partial charge is 0.153 e. The Bertz CT molecular complexity index is 559. The number of nitrogens with two attached hydrogens (primary N) is 1. The SMILES string of the molecule is COc1ccc(C=O)c(OC)c1.Cc1cc(C)cc(N)c1. The molecule has 4 nitrogen and oxygen atoms in total. The van der Waals surface area contributed by atoms with Crippen molar-refractivity contribution in [1.29, 1.82) is 0 Å². The van der Waals surface area contributed by atoms with Crippen LogP contribution in [-0.2, 0) is 0 Å². The van der Waals surface area contributed by atoms with Gasteiger partial charge in [0.1, 0.15) is 11.5 Å².